The molecule has 1 heterocycles. The van der Waals surface area contributed by atoms with Crippen LogP contribution in [0.25, 0.3) is 0 Å². The Morgan fingerprint density at radius 2 is 1.94 bits per heavy atom. The first kappa shape index (κ1) is 12.8. The Balaban J connectivity index is 1.78. The molecule has 1 aliphatic carbocycles. The lowest BCUT2D eigenvalue weighted by Crippen LogP contribution is -2.50. The molecule has 0 radical (unpaired) electrons. The maximum atomic E-state index is 12.3. The van der Waals surface area contributed by atoms with Gasteiger partial charge in [-0.05, 0) is 32.2 Å². The van der Waals surface area contributed by atoms with Gasteiger partial charge in [-0.15, -0.1) is 0 Å². The van der Waals surface area contributed by atoms with Crippen LogP contribution in [0.15, 0.2) is 0 Å². The highest BCUT2D eigenvalue weighted by atomic mass is 16.2. The van der Waals surface area contributed by atoms with Gasteiger partial charge in [0.1, 0.15) is 0 Å². The summed E-state index contributed by atoms with van der Waals surface area (Å²) in [6.07, 6.45) is 4.11. The second-order valence-electron chi connectivity index (χ2n) is 5.44. The zero-order valence-electron chi connectivity index (χ0n) is 10.9. The first-order valence-electron chi connectivity index (χ1n) is 6.97. The zero-order valence-corrected chi connectivity index (χ0v) is 10.9. The molecule has 1 saturated carbocycles. The van der Waals surface area contributed by atoms with Crippen LogP contribution in [0.3, 0.4) is 0 Å². The predicted molar refractivity (Wildman–Crippen MR) is 68.6 cm³/mol. The van der Waals surface area contributed by atoms with Crippen molar-refractivity contribution in [3.63, 3.8) is 0 Å². The van der Waals surface area contributed by atoms with Gasteiger partial charge in [0, 0.05) is 38.1 Å². The van der Waals surface area contributed by atoms with E-state index in [0.29, 0.717) is 5.91 Å². The molecule has 2 aliphatic rings. The Kier molecular flexibility index (Phi) is 4.40. The largest absolute Gasteiger partial charge is 0.340 e. The molecule has 2 fully saturated rings. The number of nitrogens with zero attached hydrogens (tertiary/aromatic N) is 2. The van der Waals surface area contributed by atoms with E-state index in [2.05, 4.69) is 16.7 Å². The topological polar surface area (TPSA) is 49.6 Å². The lowest BCUT2D eigenvalue weighted by molar-refractivity contribution is -0.137. The van der Waals surface area contributed by atoms with Gasteiger partial charge in [0.05, 0.1) is 0 Å². The van der Waals surface area contributed by atoms with E-state index in [1.165, 1.54) is 6.42 Å². The summed E-state index contributed by atoms with van der Waals surface area (Å²) in [6.45, 7) is 7.26. The van der Waals surface area contributed by atoms with Crippen LogP contribution in [-0.4, -0.2) is 54.5 Å². The molecule has 0 aromatic carbocycles. The van der Waals surface area contributed by atoms with Crippen molar-refractivity contribution in [2.24, 2.45) is 11.7 Å². The molecule has 4 heteroatoms. The second kappa shape index (κ2) is 5.83. The average Bonchev–Trinajstić information content (AvgIpc) is 2.76. The normalized spacial score (nSPS) is 30.8. The van der Waals surface area contributed by atoms with Crippen LogP contribution in [-0.2, 0) is 4.79 Å². The average molecular weight is 239 g/mol. The molecule has 0 aromatic heterocycles. The lowest BCUT2D eigenvalue weighted by atomic mass is 10.1. The highest BCUT2D eigenvalue weighted by Crippen LogP contribution is 2.26. The summed E-state index contributed by atoms with van der Waals surface area (Å²) in [6, 6.07) is 0.255. The highest BCUT2D eigenvalue weighted by Gasteiger charge is 2.32. The number of nitrogens with two attached hydrogens (primary N) is 1. The van der Waals surface area contributed by atoms with Gasteiger partial charge in [0.2, 0.25) is 5.91 Å². The van der Waals surface area contributed by atoms with Gasteiger partial charge in [-0.25, -0.2) is 0 Å². The van der Waals surface area contributed by atoms with Crippen LogP contribution in [0, 0.1) is 5.92 Å². The second-order valence-corrected chi connectivity index (χ2v) is 5.44. The molecule has 0 spiro atoms. The third-order valence-electron chi connectivity index (χ3n) is 4.05. The van der Waals surface area contributed by atoms with Crippen LogP contribution in [0.5, 0.6) is 0 Å². The molecule has 2 N–H and O–H groups in total. The molecule has 98 valence electrons. The lowest BCUT2D eigenvalue weighted by Gasteiger charge is -2.35. The Bertz CT molecular complexity index is 261. The van der Waals surface area contributed by atoms with Crippen molar-refractivity contribution in [3.05, 3.63) is 0 Å². The molecule has 2 atom stereocenters. The molecule has 2 rings (SSSR count). The molecule has 0 aromatic rings. The van der Waals surface area contributed by atoms with Crippen molar-refractivity contribution in [2.45, 2.75) is 38.6 Å². The van der Waals surface area contributed by atoms with Crippen LogP contribution in [0.2, 0.25) is 0 Å². The summed E-state index contributed by atoms with van der Waals surface area (Å²) in [5.41, 5.74) is 5.88. The molecule has 1 saturated heterocycles. The Hall–Kier alpha value is -0.610. The van der Waals surface area contributed by atoms with E-state index < -0.39 is 0 Å². The number of hydrogen-bond acceptors (Lipinski definition) is 3. The minimum atomic E-state index is 0.211. The van der Waals surface area contributed by atoms with E-state index in [1.807, 2.05) is 0 Å². The van der Waals surface area contributed by atoms with E-state index in [-0.39, 0.29) is 12.0 Å². The maximum Gasteiger partial charge on any atom is 0.225 e. The standard InChI is InChI=1S/C13H25N3O/c1-2-5-15-6-8-16(9-7-15)13(17)11-3-4-12(14)10-11/h11-12H,2-10,14H2,1H3. The van der Waals surface area contributed by atoms with Gasteiger partial charge in [0.15, 0.2) is 0 Å². The minimum Gasteiger partial charge on any atom is -0.340 e. The quantitative estimate of drug-likeness (QED) is 0.787. The molecule has 17 heavy (non-hydrogen) atoms. The number of amides is 1. The Morgan fingerprint density at radius 3 is 2.47 bits per heavy atom. The van der Waals surface area contributed by atoms with Gasteiger partial charge >= 0.3 is 0 Å². The highest BCUT2D eigenvalue weighted by molar-refractivity contribution is 5.79. The van der Waals surface area contributed by atoms with Crippen molar-refractivity contribution in [1.29, 1.82) is 0 Å². The first-order chi connectivity index (χ1) is 8.20. The van der Waals surface area contributed by atoms with Crippen LogP contribution in [0.1, 0.15) is 32.6 Å². The van der Waals surface area contributed by atoms with Gasteiger partial charge in [-0.2, -0.15) is 0 Å². The number of hydrogen-bond donors (Lipinski definition) is 1. The fourth-order valence-electron chi connectivity index (χ4n) is 3.01. The molecular weight excluding hydrogens is 214 g/mol. The molecule has 4 nitrogen and oxygen atoms in total. The molecular formula is C13H25N3O. The van der Waals surface area contributed by atoms with Crippen molar-refractivity contribution < 1.29 is 4.79 Å². The third kappa shape index (κ3) is 3.19. The summed E-state index contributed by atoms with van der Waals surface area (Å²) >= 11 is 0. The van der Waals surface area contributed by atoms with E-state index in [9.17, 15) is 4.79 Å². The zero-order chi connectivity index (χ0) is 12.3. The molecule has 0 bridgehead atoms. The number of carbonyl (C=O) groups is 1. The number of carbonyl (C=O) groups excluding carboxylic acids is 1. The maximum absolute atomic E-state index is 12.3. The summed E-state index contributed by atoms with van der Waals surface area (Å²) in [7, 11) is 0. The summed E-state index contributed by atoms with van der Waals surface area (Å²) in [5.74, 6) is 0.567. The van der Waals surface area contributed by atoms with E-state index in [4.69, 9.17) is 5.73 Å². The van der Waals surface area contributed by atoms with E-state index in [0.717, 1.165) is 52.0 Å². The van der Waals surface area contributed by atoms with Crippen molar-refractivity contribution in [2.75, 3.05) is 32.7 Å². The van der Waals surface area contributed by atoms with Gasteiger partial charge in [-0.1, -0.05) is 6.92 Å². The van der Waals surface area contributed by atoms with Gasteiger partial charge < -0.3 is 10.6 Å². The van der Waals surface area contributed by atoms with Crippen molar-refractivity contribution in [3.8, 4) is 0 Å². The number of piperazine rings is 1. The van der Waals surface area contributed by atoms with Crippen LogP contribution >= 0.6 is 0 Å². The van der Waals surface area contributed by atoms with Crippen LogP contribution < -0.4 is 5.73 Å². The van der Waals surface area contributed by atoms with E-state index >= 15 is 0 Å². The molecule has 1 aliphatic heterocycles. The first-order valence-corrected chi connectivity index (χ1v) is 6.97. The predicted octanol–water partition coefficient (Wildman–Crippen LogP) is 0.668. The monoisotopic (exact) mass is 239 g/mol. The van der Waals surface area contributed by atoms with E-state index in [1.54, 1.807) is 0 Å². The summed E-state index contributed by atoms with van der Waals surface area (Å²) < 4.78 is 0. The molecule has 2 unspecified atom stereocenters. The number of rotatable bonds is 3. The third-order valence-corrected chi connectivity index (χ3v) is 4.05. The Morgan fingerprint density at radius 1 is 1.24 bits per heavy atom. The smallest absolute Gasteiger partial charge is 0.225 e. The Labute approximate surface area is 104 Å². The van der Waals surface area contributed by atoms with Crippen LogP contribution in [0.4, 0.5) is 0 Å². The summed E-state index contributed by atoms with van der Waals surface area (Å²) in [4.78, 5) is 16.8. The molecule has 1 amide bonds. The minimum absolute atomic E-state index is 0.211. The fraction of sp³-hybridized carbons (Fsp3) is 0.923. The van der Waals surface area contributed by atoms with Gasteiger partial charge in [-0.3, -0.25) is 9.69 Å². The fourth-order valence-corrected chi connectivity index (χ4v) is 3.01. The van der Waals surface area contributed by atoms with Crippen molar-refractivity contribution in [1.82, 2.24) is 9.80 Å². The van der Waals surface area contributed by atoms with Gasteiger partial charge in [0.25, 0.3) is 0 Å². The van der Waals surface area contributed by atoms with Crippen molar-refractivity contribution >= 4 is 5.91 Å². The SMILES string of the molecule is CCCN1CCN(C(=O)C2CCC(N)C2)CC1. The summed E-state index contributed by atoms with van der Waals surface area (Å²) in [5, 5.41) is 0.